The summed E-state index contributed by atoms with van der Waals surface area (Å²) in [6, 6.07) is 21.2. The van der Waals surface area contributed by atoms with Gasteiger partial charge in [0.2, 0.25) is 0 Å². The topological polar surface area (TPSA) is 28.7 Å². The van der Waals surface area contributed by atoms with Gasteiger partial charge in [0.1, 0.15) is 0 Å². The predicted molar refractivity (Wildman–Crippen MR) is 88.6 cm³/mol. The van der Waals surface area contributed by atoms with Crippen molar-refractivity contribution in [2.45, 2.75) is 0 Å². The first-order chi connectivity index (χ1) is 10.4. The predicted octanol–water partition coefficient (Wildman–Crippen LogP) is 5.02. The van der Waals surface area contributed by atoms with Crippen LogP contribution in [0, 0.1) is 0 Å². The normalized spacial score (nSPS) is 11.8. The number of benzene rings is 3. The Hall–Kier alpha value is -2.87. The highest BCUT2D eigenvalue weighted by Gasteiger charge is 2.10. The van der Waals surface area contributed by atoms with Gasteiger partial charge in [0.05, 0.1) is 5.52 Å². The number of hydrogen-bond acceptors (Lipinski definition) is 1. The fourth-order valence-corrected chi connectivity index (χ4v) is 3.32. The fourth-order valence-electron chi connectivity index (χ4n) is 3.32. The minimum atomic E-state index is 1.04. The molecule has 0 radical (unpaired) electrons. The standard InChI is InChI=1S/C19H12N2/c1-2-5-13-12(4-1)7-8-16-18(13)19-14-6-3-11-20-15(14)9-10-17(19)21-16/h1-11,21H. The van der Waals surface area contributed by atoms with Gasteiger partial charge in [-0.05, 0) is 35.0 Å². The van der Waals surface area contributed by atoms with Crippen LogP contribution in [0.15, 0.2) is 66.9 Å². The first-order valence-corrected chi connectivity index (χ1v) is 7.09. The van der Waals surface area contributed by atoms with Gasteiger partial charge >= 0.3 is 0 Å². The van der Waals surface area contributed by atoms with E-state index in [2.05, 4.69) is 64.6 Å². The van der Waals surface area contributed by atoms with Crippen molar-refractivity contribution in [3.05, 3.63) is 66.9 Å². The highest BCUT2D eigenvalue weighted by Crippen LogP contribution is 2.35. The van der Waals surface area contributed by atoms with Gasteiger partial charge < -0.3 is 4.98 Å². The molecule has 3 aromatic carbocycles. The Balaban J connectivity index is 2.18. The van der Waals surface area contributed by atoms with E-state index in [1.165, 1.54) is 38.0 Å². The summed E-state index contributed by atoms with van der Waals surface area (Å²) in [5.74, 6) is 0. The van der Waals surface area contributed by atoms with Gasteiger partial charge in [-0.15, -0.1) is 0 Å². The average molecular weight is 268 g/mol. The smallest absolute Gasteiger partial charge is 0.0709 e. The molecule has 98 valence electrons. The Bertz CT molecular complexity index is 1050. The van der Waals surface area contributed by atoms with Crippen LogP contribution in [0.5, 0.6) is 0 Å². The molecule has 0 bridgehead atoms. The lowest BCUT2D eigenvalue weighted by atomic mass is 10.0. The van der Waals surface area contributed by atoms with Crippen LogP contribution in [0.25, 0.3) is 43.5 Å². The molecule has 0 unspecified atom stereocenters. The van der Waals surface area contributed by atoms with Crippen LogP contribution < -0.4 is 0 Å². The van der Waals surface area contributed by atoms with Gasteiger partial charge in [-0.3, -0.25) is 4.98 Å². The number of nitrogens with zero attached hydrogens (tertiary/aromatic N) is 1. The molecule has 0 amide bonds. The van der Waals surface area contributed by atoms with Crippen LogP contribution >= 0.6 is 0 Å². The van der Waals surface area contributed by atoms with E-state index in [1.54, 1.807) is 0 Å². The van der Waals surface area contributed by atoms with Gasteiger partial charge in [-0.2, -0.15) is 0 Å². The van der Waals surface area contributed by atoms with E-state index in [1.807, 2.05) is 12.3 Å². The Kier molecular flexibility index (Phi) is 1.98. The molecule has 1 N–H and O–H groups in total. The molecule has 0 aliphatic carbocycles. The molecule has 2 heterocycles. The van der Waals surface area contributed by atoms with Crippen LogP contribution in [0.1, 0.15) is 0 Å². The summed E-state index contributed by atoms with van der Waals surface area (Å²) in [5.41, 5.74) is 3.39. The van der Waals surface area contributed by atoms with Crippen molar-refractivity contribution in [1.82, 2.24) is 9.97 Å². The summed E-state index contributed by atoms with van der Waals surface area (Å²) >= 11 is 0. The minimum absolute atomic E-state index is 1.04. The molecule has 0 atom stereocenters. The summed E-state index contributed by atoms with van der Waals surface area (Å²) in [4.78, 5) is 8.02. The molecule has 0 saturated heterocycles. The molecule has 0 fully saturated rings. The Morgan fingerprint density at radius 2 is 1.43 bits per heavy atom. The van der Waals surface area contributed by atoms with Crippen molar-refractivity contribution in [2.24, 2.45) is 0 Å². The van der Waals surface area contributed by atoms with Gasteiger partial charge in [0.15, 0.2) is 0 Å². The number of nitrogens with one attached hydrogen (secondary N) is 1. The van der Waals surface area contributed by atoms with Crippen molar-refractivity contribution in [3.63, 3.8) is 0 Å². The van der Waals surface area contributed by atoms with Crippen LogP contribution in [-0.2, 0) is 0 Å². The molecule has 2 nitrogen and oxygen atoms in total. The maximum Gasteiger partial charge on any atom is 0.0709 e. The van der Waals surface area contributed by atoms with E-state index in [9.17, 15) is 0 Å². The van der Waals surface area contributed by atoms with Gasteiger partial charge in [-0.25, -0.2) is 0 Å². The summed E-state index contributed by atoms with van der Waals surface area (Å²) < 4.78 is 0. The van der Waals surface area contributed by atoms with Crippen molar-refractivity contribution in [1.29, 1.82) is 0 Å². The van der Waals surface area contributed by atoms with E-state index < -0.39 is 0 Å². The first kappa shape index (κ1) is 10.9. The molecule has 2 heteroatoms. The zero-order chi connectivity index (χ0) is 13.8. The highest BCUT2D eigenvalue weighted by molar-refractivity contribution is 6.27. The number of aromatic nitrogens is 2. The van der Waals surface area contributed by atoms with Gasteiger partial charge in [0.25, 0.3) is 0 Å². The van der Waals surface area contributed by atoms with E-state index in [0.29, 0.717) is 0 Å². The maximum absolute atomic E-state index is 4.48. The Morgan fingerprint density at radius 3 is 2.38 bits per heavy atom. The summed E-state index contributed by atoms with van der Waals surface area (Å²) in [5, 5.41) is 6.33. The lowest BCUT2D eigenvalue weighted by Crippen LogP contribution is -1.79. The van der Waals surface area contributed by atoms with E-state index >= 15 is 0 Å². The molecule has 0 aliphatic heterocycles. The second-order valence-corrected chi connectivity index (χ2v) is 5.39. The quantitative estimate of drug-likeness (QED) is 0.419. The second kappa shape index (κ2) is 3.83. The number of hydrogen-bond donors (Lipinski definition) is 1. The van der Waals surface area contributed by atoms with E-state index in [0.717, 1.165) is 5.52 Å². The number of H-pyrrole nitrogens is 1. The lowest BCUT2D eigenvalue weighted by molar-refractivity contribution is 1.42. The molecule has 21 heavy (non-hydrogen) atoms. The fraction of sp³-hybridized carbons (Fsp3) is 0. The van der Waals surface area contributed by atoms with Crippen molar-refractivity contribution in [2.75, 3.05) is 0 Å². The van der Waals surface area contributed by atoms with Crippen LogP contribution in [0.4, 0.5) is 0 Å². The average Bonchev–Trinajstić information content (AvgIpc) is 2.94. The zero-order valence-corrected chi connectivity index (χ0v) is 11.3. The lowest BCUT2D eigenvalue weighted by Gasteiger charge is -2.02. The second-order valence-electron chi connectivity index (χ2n) is 5.39. The van der Waals surface area contributed by atoms with Crippen LogP contribution in [0.2, 0.25) is 0 Å². The van der Waals surface area contributed by atoms with Gasteiger partial charge in [-0.1, -0.05) is 36.4 Å². The van der Waals surface area contributed by atoms with Crippen LogP contribution in [-0.4, -0.2) is 9.97 Å². The maximum atomic E-state index is 4.48. The molecule has 0 saturated carbocycles. The van der Waals surface area contributed by atoms with Crippen LogP contribution in [0.3, 0.4) is 0 Å². The molecular formula is C19H12N2. The summed E-state index contributed by atoms with van der Waals surface area (Å²) in [7, 11) is 0. The monoisotopic (exact) mass is 268 g/mol. The van der Waals surface area contributed by atoms with Gasteiger partial charge in [0, 0.05) is 33.4 Å². The Morgan fingerprint density at radius 1 is 0.667 bits per heavy atom. The highest BCUT2D eigenvalue weighted by atomic mass is 14.7. The SMILES string of the molecule is c1ccc2c(c1)ccc1[nH]c3ccc4ncccc4c3c12. The Labute approximate surface area is 121 Å². The van der Waals surface area contributed by atoms with Crippen molar-refractivity contribution >= 4 is 43.5 Å². The third-order valence-corrected chi connectivity index (χ3v) is 4.23. The third-order valence-electron chi connectivity index (χ3n) is 4.23. The van der Waals surface area contributed by atoms with E-state index in [-0.39, 0.29) is 0 Å². The number of rotatable bonds is 0. The van der Waals surface area contributed by atoms with Crippen molar-refractivity contribution < 1.29 is 0 Å². The first-order valence-electron chi connectivity index (χ1n) is 7.09. The molecule has 5 aromatic rings. The van der Waals surface area contributed by atoms with Crippen molar-refractivity contribution in [3.8, 4) is 0 Å². The number of pyridine rings is 1. The minimum Gasteiger partial charge on any atom is -0.354 e. The molecule has 0 aliphatic rings. The summed E-state index contributed by atoms with van der Waals surface area (Å²) in [6.45, 7) is 0. The molecule has 5 rings (SSSR count). The molecule has 0 spiro atoms. The largest absolute Gasteiger partial charge is 0.354 e. The zero-order valence-electron chi connectivity index (χ0n) is 11.3. The third kappa shape index (κ3) is 1.39. The number of aromatic amines is 1. The number of fused-ring (bicyclic) bond motifs is 7. The molecular weight excluding hydrogens is 256 g/mol. The van der Waals surface area contributed by atoms with E-state index in [4.69, 9.17) is 0 Å². The molecule has 2 aromatic heterocycles. The summed E-state index contributed by atoms with van der Waals surface area (Å²) in [6.07, 6.45) is 1.85.